The molecule has 14 N–H and O–H groups in total. The largest absolute Gasteiger partial charge is 0.412 e. The van der Waals surface area contributed by atoms with Gasteiger partial charge in [0.1, 0.15) is 6.04 Å². The number of carbonyl (C=O) groups excluding carboxylic acids is 4. The first-order valence-corrected chi connectivity index (χ1v) is 24.7. The summed E-state index contributed by atoms with van der Waals surface area (Å²) in [5, 5.41) is 30.4. The Kier molecular flexibility index (Phi) is 26.8. The van der Waals surface area contributed by atoms with Gasteiger partial charge in [0.15, 0.2) is 0 Å². The van der Waals surface area contributed by atoms with Gasteiger partial charge in [-0.25, -0.2) is 0 Å². The quantitative estimate of drug-likeness (QED) is 0.0692. The Balaban J connectivity index is 0.00000109. The fraction of sp³-hybridized carbons (Fsp3) is 0.895. The number of nitrogens with two attached hydrogens (primary N) is 2. The molecule has 57 heavy (non-hydrogen) atoms. The molecule has 0 aromatic carbocycles. The zero-order valence-electron chi connectivity index (χ0n) is 35.3. The molecule has 0 aromatic rings. The van der Waals surface area contributed by atoms with Crippen LogP contribution in [0.1, 0.15) is 112 Å². The highest BCUT2D eigenvalue weighted by molar-refractivity contribution is 7.58. The zero-order chi connectivity index (χ0) is 42.6. The van der Waals surface area contributed by atoms with Crippen molar-refractivity contribution < 1.29 is 53.8 Å². The number of hydrogen-bond donors (Lipinski definition) is 10. The molecule has 0 spiro atoms. The van der Waals surface area contributed by atoms with E-state index in [0.717, 1.165) is 51.4 Å². The Bertz CT molecular complexity index is 1300. The van der Waals surface area contributed by atoms with Crippen LogP contribution >= 0.6 is 14.7 Å². The Hall–Kier alpha value is -1.94. The fourth-order valence-electron chi connectivity index (χ4n) is 6.95. The summed E-state index contributed by atoms with van der Waals surface area (Å²) >= 11 is 0. The number of aliphatic hydroxyl groups is 2. The van der Waals surface area contributed by atoms with Crippen LogP contribution in [0, 0.1) is 29.6 Å². The van der Waals surface area contributed by atoms with Gasteiger partial charge in [-0.2, -0.15) is 0 Å². The first-order valence-electron chi connectivity index (χ1n) is 20.7. The number of aliphatic hydroxyl groups excluding tert-OH is 2. The molecule has 19 heteroatoms. The van der Waals surface area contributed by atoms with Gasteiger partial charge in [0.05, 0.1) is 43.2 Å². The minimum absolute atomic E-state index is 0. The summed E-state index contributed by atoms with van der Waals surface area (Å²) in [5.74, 6) is -1.44. The van der Waals surface area contributed by atoms with Crippen LogP contribution < -0.4 is 32.7 Å². The van der Waals surface area contributed by atoms with E-state index in [4.69, 9.17) is 11.5 Å². The van der Waals surface area contributed by atoms with E-state index in [2.05, 4.69) is 21.3 Å². The van der Waals surface area contributed by atoms with Crippen molar-refractivity contribution in [1.29, 1.82) is 0 Å². The molecule has 0 heterocycles. The Morgan fingerprint density at radius 1 is 0.649 bits per heavy atom. The summed E-state index contributed by atoms with van der Waals surface area (Å²) < 4.78 is 24.8. The number of nitrogens with one attached hydrogen (secondary N) is 4. The van der Waals surface area contributed by atoms with Gasteiger partial charge in [-0.1, -0.05) is 86.5 Å². The lowest BCUT2D eigenvalue weighted by atomic mass is 9.91. The van der Waals surface area contributed by atoms with Crippen LogP contribution in [-0.4, -0.2) is 124 Å². The highest BCUT2D eigenvalue weighted by Gasteiger charge is 2.32. The second-order valence-corrected chi connectivity index (χ2v) is 21.8. The van der Waals surface area contributed by atoms with Crippen molar-refractivity contribution >= 4 is 38.4 Å². The second kappa shape index (κ2) is 27.7. The molecule has 0 radical (unpaired) electrons. The van der Waals surface area contributed by atoms with Crippen molar-refractivity contribution in [2.45, 2.75) is 143 Å². The summed E-state index contributed by atoms with van der Waals surface area (Å²) in [6, 6.07) is -2.17. The molecule has 0 saturated heterocycles. The SMILES string of the molecule is CC(C)[C@H](N)C(=O)NCC(=O)NC[C@H](O)CP(=O)(O)CC1CCCCC1.CCC(C)C(NC(=O)[C@@H](N)C(C)C)C(=O)NC[C@H](O)CP(=O)(O)CC1CCCCC1.O. The van der Waals surface area contributed by atoms with Crippen molar-refractivity contribution in [2.75, 3.05) is 44.3 Å². The van der Waals surface area contributed by atoms with Gasteiger partial charge in [0, 0.05) is 25.4 Å². The molecular weight excluding hydrogens is 778 g/mol. The minimum Gasteiger partial charge on any atom is -0.412 e. The topological polar surface area (TPSA) is 315 Å². The zero-order valence-corrected chi connectivity index (χ0v) is 37.1. The second-order valence-electron chi connectivity index (χ2n) is 16.9. The minimum atomic E-state index is -3.46. The number of carbonyl (C=O) groups is 4. The molecule has 2 aliphatic carbocycles. The lowest BCUT2D eigenvalue weighted by Gasteiger charge is -2.27. The van der Waals surface area contributed by atoms with Crippen molar-refractivity contribution in [3.63, 3.8) is 0 Å². The van der Waals surface area contributed by atoms with Crippen LogP contribution in [0.25, 0.3) is 0 Å². The summed E-state index contributed by atoms with van der Waals surface area (Å²) in [7, 11) is -6.88. The lowest BCUT2D eigenvalue weighted by molar-refractivity contribution is -0.131. The van der Waals surface area contributed by atoms with Gasteiger partial charge >= 0.3 is 0 Å². The Labute approximate surface area is 340 Å². The third-order valence-corrected chi connectivity index (χ3v) is 15.0. The van der Waals surface area contributed by atoms with Gasteiger partial charge in [0.25, 0.3) is 0 Å². The predicted molar refractivity (Wildman–Crippen MR) is 224 cm³/mol. The van der Waals surface area contributed by atoms with E-state index in [1.807, 2.05) is 27.7 Å². The van der Waals surface area contributed by atoms with E-state index in [-0.39, 0.29) is 79.3 Å². The van der Waals surface area contributed by atoms with Crippen LogP contribution in [0.4, 0.5) is 0 Å². The highest BCUT2D eigenvalue weighted by Crippen LogP contribution is 2.46. The summed E-state index contributed by atoms with van der Waals surface area (Å²) in [6.07, 6.45) is 9.06. The van der Waals surface area contributed by atoms with Gasteiger partial charge < -0.3 is 58.2 Å². The van der Waals surface area contributed by atoms with Crippen LogP contribution in [-0.2, 0) is 28.3 Å². The number of rotatable bonds is 22. The van der Waals surface area contributed by atoms with Crippen LogP contribution in [0.2, 0.25) is 0 Å². The van der Waals surface area contributed by atoms with E-state index in [9.17, 15) is 48.3 Å². The molecule has 2 saturated carbocycles. The van der Waals surface area contributed by atoms with Crippen LogP contribution in [0.15, 0.2) is 0 Å². The standard InChI is InChI=1S/C21H42N3O5P.C17H34N3O5P.H2O/c1-5-15(4)19(24-20(26)18(22)14(2)3)21(27)23-11-17(25)13-30(28,29)12-16-9-7-6-8-10-16;1-12(2)16(18)17(23)20-9-15(22)19-8-14(21)11-26(24,25)10-13-6-4-3-5-7-13;/h14-19,25H,5-13,22H2,1-4H3,(H,23,27)(H,24,26)(H,28,29);12-14,16,21H,3-11,18H2,1-2H3,(H,19,22)(H,20,23)(H,24,25);1H2/t15?,17-,18-,19?;14-,16-;/m00./s1. The molecule has 4 unspecified atom stereocenters. The molecule has 336 valence electrons. The highest BCUT2D eigenvalue weighted by atomic mass is 31.2. The van der Waals surface area contributed by atoms with E-state index in [1.165, 1.54) is 12.8 Å². The maximum absolute atomic E-state index is 12.6. The molecule has 2 fully saturated rings. The summed E-state index contributed by atoms with van der Waals surface area (Å²) in [5.41, 5.74) is 11.5. The molecule has 0 bridgehead atoms. The molecule has 0 aliphatic heterocycles. The smallest absolute Gasteiger partial charge is 0.242 e. The van der Waals surface area contributed by atoms with Crippen molar-refractivity contribution in [1.82, 2.24) is 21.3 Å². The molecule has 17 nitrogen and oxygen atoms in total. The van der Waals surface area contributed by atoms with Crippen molar-refractivity contribution in [3.05, 3.63) is 0 Å². The number of hydrogen-bond acceptors (Lipinski definition) is 10. The molecule has 2 aliphatic rings. The molecule has 2 rings (SSSR count). The van der Waals surface area contributed by atoms with E-state index < -0.39 is 68.7 Å². The molecule has 8 atom stereocenters. The van der Waals surface area contributed by atoms with Crippen molar-refractivity contribution in [2.24, 2.45) is 41.1 Å². The van der Waals surface area contributed by atoms with Gasteiger partial charge in [-0.3, -0.25) is 28.3 Å². The molecule has 0 aromatic heterocycles. The summed E-state index contributed by atoms with van der Waals surface area (Å²) in [6.45, 7) is 10.6. The fourth-order valence-corrected chi connectivity index (χ4v) is 11.2. The first kappa shape index (κ1) is 55.1. The van der Waals surface area contributed by atoms with Gasteiger partial charge in [-0.15, -0.1) is 0 Å². The van der Waals surface area contributed by atoms with Crippen LogP contribution in [0.3, 0.4) is 0 Å². The predicted octanol–water partition coefficient (Wildman–Crippen LogP) is 1.42. The third kappa shape index (κ3) is 23.4. The summed E-state index contributed by atoms with van der Waals surface area (Å²) in [4.78, 5) is 68.7. The number of amides is 4. The molecule has 4 amide bonds. The van der Waals surface area contributed by atoms with Gasteiger partial charge in [-0.05, 0) is 55.3 Å². The van der Waals surface area contributed by atoms with Crippen molar-refractivity contribution in [3.8, 4) is 0 Å². The maximum atomic E-state index is 12.6. The van der Waals surface area contributed by atoms with Crippen LogP contribution in [0.5, 0.6) is 0 Å². The lowest BCUT2D eigenvalue weighted by Crippen LogP contribution is -2.55. The van der Waals surface area contributed by atoms with Gasteiger partial charge in [0.2, 0.25) is 38.4 Å². The normalized spacial score (nSPS) is 20.5. The van der Waals surface area contributed by atoms with E-state index in [1.54, 1.807) is 13.8 Å². The van der Waals surface area contributed by atoms with E-state index in [0.29, 0.717) is 6.42 Å². The molecular formula is C38H78N6O11P2. The third-order valence-electron chi connectivity index (χ3n) is 10.8. The average Bonchev–Trinajstić information content (AvgIpc) is 3.13. The first-order chi connectivity index (χ1) is 26.1. The Morgan fingerprint density at radius 3 is 1.46 bits per heavy atom. The monoisotopic (exact) mass is 857 g/mol. The Morgan fingerprint density at radius 2 is 1.05 bits per heavy atom. The van der Waals surface area contributed by atoms with E-state index >= 15 is 0 Å². The average molecular weight is 857 g/mol. The maximum Gasteiger partial charge on any atom is 0.242 e.